The van der Waals surface area contributed by atoms with Crippen molar-refractivity contribution in [1.82, 2.24) is 0 Å². The van der Waals surface area contributed by atoms with Crippen molar-refractivity contribution in [3.8, 4) is 5.75 Å². The Morgan fingerprint density at radius 1 is 1.15 bits per heavy atom. The first-order valence-electron chi connectivity index (χ1n) is 2.34. The first-order chi connectivity index (χ1) is 4.20. The molecule has 0 amide bonds. The number of rotatable bonds is 0. The molecule has 0 heterocycles. The second-order valence-electron chi connectivity index (χ2n) is 1.60. The van der Waals surface area contributed by atoms with Gasteiger partial charge in [-0.2, -0.15) is 0 Å². The van der Waals surface area contributed by atoms with Crippen LogP contribution in [0.4, 0.5) is 0 Å². The predicted molar refractivity (Wildman–Crippen MR) is 51.6 cm³/mol. The van der Waals surface area contributed by atoms with Crippen LogP contribution in [0.1, 0.15) is 0 Å². The zero-order valence-electron chi connectivity index (χ0n) is 6.15. The first-order valence-corrected chi connectivity index (χ1v) is 3.80. The number of aromatic hydroxyl groups is 1. The maximum Gasteiger partial charge on any atom is 3.00 e. The van der Waals surface area contributed by atoms with Crippen LogP contribution in [0.15, 0.2) is 18.2 Å². The fourth-order valence-electron chi connectivity index (χ4n) is 0.481. The van der Waals surface area contributed by atoms with Crippen LogP contribution < -0.4 is 50.9 Å². The monoisotopic (exact) mass is 502 g/mol. The van der Waals surface area contributed by atoms with Crippen molar-refractivity contribution in [3.63, 3.8) is 0 Å². The molecule has 0 fully saturated rings. The van der Waals surface area contributed by atoms with Gasteiger partial charge in [0, 0.05) is 5.02 Å². The minimum absolute atomic E-state index is 0. The van der Waals surface area contributed by atoms with Crippen molar-refractivity contribution in [2.75, 3.05) is 0 Å². The quantitative estimate of drug-likeness (QED) is 0.275. The molecule has 1 rings (SSSR count). The smallest absolute Gasteiger partial charge is 1.00 e. The van der Waals surface area contributed by atoms with Crippen molar-refractivity contribution in [2.24, 2.45) is 0 Å². The Balaban J connectivity index is -0.000000101. The Bertz CT molecular complexity index is 239. The van der Waals surface area contributed by atoms with Crippen molar-refractivity contribution < 1.29 is 56.1 Å². The molecule has 0 radical (unpaired) electrons. The van der Waals surface area contributed by atoms with Crippen molar-refractivity contribution in [2.45, 2.75) is 0 Å². The molecule has 7 heteroatoms. The van der Waals surface area contributed by atoms with Crippen molar-refractivity contribution in [3.05, 3.63) is 26.8 Å². The molecule has 0 aliphatic rings. The number of phenolic OH excluding ortho intramolecular Hbond substituents is 1. The van der Waals surface area contributed by atoms with E-state index in [1.807, 2.05) is 22.6 Å². The van der Waals surface area contributed by atoms with Gasteiger partial charge in [-0.3, -0.25) is 0 Å². The molecule has 0 saturated carbocycles. The van der Waals surface area contributed by atoms with E-state index in [2.05, 4.69) is 0 Å². The van der Waals surface area contributed by atoms with Crippen LogP contribution in [0.2, 0.25) is 5.02 Å². The van der Waals surface area contributed by atoms with E-state index >= 15 is 0 Å². The average Bonchev–Trinajstić information content (AvgIpc) is 1.80. The Hall–Kier alpha value is 1.54. The third kappa shape index (κ3) is 8.53. The van der Waals surface area contributed by atoms with Crippen LogP contribution in [0.3, 0.4) is 0 Å². The fraction of sp³-hybridized carbons (Fsp3) is 0. The van der Waals surface area contributed by atoms with Gasteiger partial charge in [-0.05, 0) is 40.8 Å². The summed E-state index contributed by atoms with van der Waals surface area (Å²) in [6.07, 6.45) is 0. The number of hydrogen-bond donors (Lipinski definition) is 1. The van der Waals surface area contributed by atoms with E-state index in [1.54, 1.807) is 18.2 Å². The van der Waals surface area contributed by atoms with Gasteiger partial charge in [0.2, 0.25) is 0 Å². The predicted octanol–water partition coefficient (Wildman–Crippen LogP) is -6.72. The summed E-state index contributed by atoms with van der Waals surface area (Å²) >= 11 is 7.62. The summed E-state index contributed by atoms with van der Waals surface area (Å²) in [7, 11) is 0. The van der Waals surface area contributed by atoms with Crippen LogP contribution in [0, 0.1) is 3.57 Å². The van der Waals surface area contributed by atoms with E-state index in [4.69, 9.17) is 16.7 Å². The third-order valence-corrected chi connectivity index (χ3v) is 2.01. The maximum absolute atomic E-state index is 8.98. The molecule has 1 aromatic carbocycles. The zero-order valence-corrected chi connectivity index (χ0v) is 13.8. The topological polar surface area (TPSA) is 20.2 Å². The molecule has 0 aliphatic heterocycles. The fourth-order valence-corrected chi connectivity index (χ4v) is 1.35. The molecule has 0 aliphatic carbocycles. The molecular formula is C6H4BBr3ClIO. The second-order valence-corrected chi connectivity index (χ2v) is 3.19. The summed E-state index contributed by atoms with van der Waals surface area (Å²) in [5, 5.41) is 9.63. The molecule has 0 atom stereocenters. The minimum atomic E-state index is 0. The molecule has 1 aromatic rings. The summed E-state index contributed by atoms with van der Waals surface area (Å²) in [6.45, 7) is 0. The van der Waals surface area contributed by atoms with Gasteiger partial charge < -0.3 is 56.1 Å². The summed E-state index contributed by atoms with van der Waals surface area (Å²) in [5.74, 6) is 0.278. The van der Waals surface area contributed by atoms with Gasteiger partial charge >= 0.3 is 8.41 Å². The van der Waals surface area contributed by atoms with E-state index in [0.29, 0.717) is 5.02 Å². The van der Waals surface area contributed by atoms with Crippen LogP contribution in [-0.2, 0) is 0 Å². The van der Waals surface area contributed by atoms with Crippen LogP contribution in [0.25, 0.3) is 0 Å². The van der Waals surface area contributed by atoms with Gasteiger partial charge in [0.1, 0.15) is 5.75 Å². The SMILES string of the molecule is Oc1ccc(Cl)cc1I.[B+3].[Br-].[Br-].[Br-]. The van der Waals surface area contributed by atoms with Gasteiger partial charge in [-0.15, -0.1) is 0 Å². The van der Waals surface area contributed by atoms with Crippen LogP contribution in [-0.4, -0.2) is 13.5 Å². The molecule has 0 unspecified atom stereocenters. The minimum Gasteiger partial charge on any atom is -1.00 e. The Kier molecular flexibility index (Phi) is 21.4. The van der Waals surface area contributed by atoms with Gasteiger partial charge in [-0.1, -0.05) is 11.6 Å². The van der Waals surface area contributed by atoms with Crippen molar-refractivity contribution in [1.29, 1.82) is 0 Å². The van der Waals surface area contributed by atoms with Crippen LogP contribution in [0.5, 0.6) is 5.75 Å². The molecule has 72 valence electrons. The Morgan fingerprint density at radius 2 is 1.62 bits per heavy atom. The molecule has 1 nitrogen and oxygen atoms in total. The maximum atomic E-state index is 8.98. The molecule has 0 bridgehead atoms. The van der Waals surface area contributed by atoms with E-state index in [9.17, 15) is 0 Å². The van der Waals surface area contributed by atoms with Gasteiger partial charge in [0.25, 0.3) is 0 Å². The molecule has 0 spiro atoms. The van der Waals surface area contributed by atoms with E-state index < -0.39 is 0 Å². The zero-order chi connectivity index (χ0) is 6.85. The van der Waals surface area contributed by atoms with Crippen molar-refractivity contribution >= 4 is 42.6 Å². The number of benzene rings is 1. The summed E-state index contributed by atoms with van der Waals surface area (Å²) in [4.78, 5) is 0. The number of hydrogen-bond acceptors (Lipinski definition) is 1. The Morgan fingerprint density at radius 3 is 1.92 bits per heavy atom. The summed E-state index contributed by atoms with van der Waals surface area (Å²) < 4.78 is 0.778. The molecule has 1 N–H and O–H groups in total. The van der Waals surface area contributed by atoms with E-state index in [0.717, 1.165) is 3.57 Å². The molecular weight excluding hydrogens is 501 g/mol. The first kappa shape index (κ1) is 24.0. The molecule has 13 heavy (non-hydrogen) atoms. The number of phenols is 1. The normalized spacial score (nSPS) is 6.62. The Labute approximate surface area is 130 Å². The van der Waals surface area contributed by atoms with E-state index in [1.165, 1.54) is 0 Å². The summed E-state index contributed by atoms with van der Waals surface area (Å²) in [6, 6.07) is 4.93. The average molecular weight is 505 g/mol. The third-order valence-electron chi connectivity index (χ3n) is 0.910. The van der Waals surface area contributed by atoms with Crippen LogP contribution >= 0.6 is 34.2 Å². The standard InChI is InChI=1S/C6H4ClIO.B.3BrH/c7-4-1-2-6(9)5(8)3-4;;;;/h1-3,9H;;3*1H/q;+3;;;/p-3. The summed E-state index contributed by atoms with van der Waals surface area (Å²) in [5.41, 5.74) is 0. The number of halogens is 5. The van der Waals surface area contributed by atoms with Gasteiger partial charge in [-0.25, -0.2) is 0 Å². The molecule has 0 saturated heterocycles. The molecule has 0 aromatic heterocycles. The second kappa shape index (κ2) is 11.6. The largest absolute Gasteiger partial charge is 3.00 e. The van der Waals surface area contributed by atoms with E-state index in [-0.39, 0.29) is 65.1 Å². The van der Waals surface area contributed by atoms with Gasteiger partial charge in [0.15, 0.2) is 0 Å². The van der Waals surface area contributed by atoms with Gasteiger partial charge in [0.05, 0.1) is 3.57 Å².